The molecule has 1 unspecified atom stereocenters. The van der Waals surface area contributed by atoms with Gasteiger partial charge in [0, 0.05) is 9.77 Å². The molecule has 8 heteroatoms. The lowest BCUT2D eigenvalue weighted by Crippen LogP contribution is -2.49. The predicted octanol–water partition coefficient (Wildman–Crippen LogP) is 3.86. The van der Waals surface area contributed by atoms with Crippen molar-refractivity contribution in [1.29, 1.82) is 0 Å². The number of anilines is 2. The number of aryl methyl sites for hydroxylation is 1. The van der Waals surface area contributed by atoms with Gasteiger partial charge in [0.15, 0.2) is 4.75 Å². The van der Waals surface area contributed by atoms with Crippen molar-refractivity contribution in [3.05, 3.63) is 40.3 Å². The molecule has 2 aliphatic rings. The number of thiophene rings is 1. The molecule has 4 rings (SSSR count). The molecule has 2 N–H and O–H groups in total. The maximum Gasteiger partial charge on any atom is 0.341 e. The van der Waals surface area contributed by atoms with Crippen molar-refractivity contribution in [2.24, 2.45) is 0 Å². The minimum Gasteiger partial charge on any atom is -0.465 e. The van der Waals surface area contributed by atoms with Crippen molar-refractivity contribution in [3.8, 4) is 0 Å². The molecule has 1 atom stereocenters. The van der Waals surface area contributed by atoms with Gasteiger partial charge in [-0.1, -0.05) is 23.9 Å². The average Bonchev–Trinajstić information content (AvgIpc) is 3.06. The van der Waals surface area contributed by atoms with Gasteiger partial charge < -0.3 is 15.4 Å². The first-order valence-electron chi connectivity index (χ1n) is 9.08. The van der Waals surface area contributed by atoms with Gasteiger partial charge in [-0.3, -0.25) is 9.59 Å². The van der Waals surface area contributed by atoms with Crippen LogP contribution in [0.5, 0.6) is 0 Å². The van der Waals surface area contributed by atoms with E-state index in [4.69, 9.17) is 4.74 Å². The molecule has 0 radical (unpaired) electrons. The zero-order valence-electron chi connectivity index (χ0n) is 15.6. The number of hydrogen-bond donors (Lipinski definition) is 2. The van der Waals surface area contributed by atoms with Crippen molar-refractivity contribution in [2.75, 3.05) is 17.7 Å². The van der Waals surface area contributed by atoms with Crippen molar-refractivity contribution >= 4 is 51.6 Å². The fourth-order valence-corrected chi connectivity index (χ4v) is 5.89. The number of benzene rings is 1. The van der Waals surface area contributed by atoms with Crippen LogP contribution >= 0.6 is 23.1 Å². The molecule has 146 valence electrons. The molecule has 2 amide bonds. The second-order valence-corrected chi connectivity index (χ2v) is 9.51. The van der Waals surface area contributed by atoms with Crippen LogP contribution in [-0.4, -0.2) is 29.6 Å². The molecule has 2 aromatic rings. The summed E-state index contributed by atoms with van der Waals surface area (Å²) in [7, 11) is 1.34. The van der Waals surface area contributed by atoms with Crippen LogP contribution in [0.3, 0.4) is 0 Å². The Morgan fingerprint density at radius 1 is 1.21 bits per heavy atom. The molecule has 0 saturated heterocycles. The highest BCUT2D eigenvalue weighted by atomic mass is 32.2. The van der Waals surface area contributed by atoms with Gasteiger partial charge in [0.05, 0.1) is 18.4 Å². The number of amides is 2. The summed E-state index contributed by atoms with van der Waals surface area (Å²) in [5.41, 5.74) is 2.10. The van der Waals surface area contributed by atoms with E-state index in [1.165, 1.54) is 30.2 Å². The van der Waals surface area contributed by atoms with E-state index >= 15 is 0 Å². The molecular weight excluding hydrogens is 396 g/mol. The Morgan fingerprint density at radius 2 is 1.96 bits per heavy atom. The highest BCUT2D eigenvalue weighted by Gasteiger charge is 2.46. The van der Waals surface area contributed by atoms with E-state index in [1.54, 1.807) is 13.0 Å². The summed E-state index contributed by atoms with van der Waals surface area (Å²) in [5, 5.41) is 6.13. The normalized spacial score (nSPS) is 20.6. The molecule has 1 aromatic carbocycles. The maximum absolute atomic E-state index is 13.1. The third-order valence-electron chi connectivity index (χ3n) is 5.10. The number of carbonyl (C=O) groups is 3. The summed E-state index contributed by atoms with van der Waals surface area (Å²) < 4.78 is 3.61. The van der Waals surface area contributed by atoms with Crippen molar-refractivity contribution < 1.29 is 19.1 Å². The lowest BCUT2D eigenvalue weighted by Gasteiger charge is -2.31. The summed E-state index contributed by atoms with van der Waals surface area (Å²) in [6, 6.07) is 7.38. The van der Waals surface area contributed by atoms with Gasteiger partial charge in [-0.25, -0.2) is 4.79 Å². The molecule has 1 aliphatic heterocycles. The highest BCUT2D eigenvalue weighted by Crippen LogP contribution is 2.44. The number of para-hydroxylation sites is 1. The molecule has 2 heterocycles. The van der Waals surface area contributed by atoms with Crippen LogP contribution in [0.15, 0.2) is 29.2 Å². The fraction of sp³-hybridized carbons (Fsp3) is 0.350. The van der Waals surface area contributed by atoms with E-state index in [0.717, 1.165) is 41.0 Å². The molecule has 1 aliphatic carbocycles. The second kappa shape index (κ2) is 7.25. The first-order valence-corrected chi connectivity index (χ1v) is 10.7. The second-order valence-electron chi connectivity index (χ2n) is 6.95. The quantitative estimate of drug-likeness (QED) is 0.586. The van der Waals surface area contributed by atoms with Crippen molar-refractivity contribution in [2.45, 2.75) is 42.2 Å². The lowest BCUT2D eigenvalue weighted by atomic mass is 9.95. The van der Waals surface area contributed by atoms with E-state index in [9.17, 15) is 14.4 Å². The third kappa shape index (κ3) is 3.10. The lowest BCUT2D eigenvalue weighted by molar-refractivity contribution is -0.126. The number of rotatable bonds is 3. The summed E-state index contributed by atoms with van der Waals surface area (Å²) in [6.45, 7) is 1.60. The standard InChI is InChI=1S/C20H20N2O4S2/c1-20(18(24)21-12-8-4-6-10-14(12)28-20)19(25)22-16-15(17(23)26-2)11-7-3-5-9-13(11)27-16/h4,6,8,10H,3,5,7,9H2,1-2H3,(H,21,24)(H,22,25). The van der Waals surface area contributed by atoms with Gasteiger partial charge >= 0.3 is 5.97 Å². The van der Waals surface area contributed by atoms with Gasteiger partial charge in [-0.05, 0) is 50.3 Å². The Hall–Kier alpha value is -2.32. The van der Waals surface area contributed by atoms with E-state index in [2.05, 4.69) is 10.6 Å². The highest BCUT2D eigenvalue weighted by molar-refractivity contribution is 8.02. The van der Waals surface area contributed by atoms with E-state index in [0.29, 0.717) is 16.3 Å². The number of hydrogen-bond acceptors (Lipinski definition) is 6. The Kier molecular flexibility index (Phi) is 4.93. The molecule has 28 heavy (non-hydrogen) atoms. The van der Waals surface area contributed by atoms with E-state index in [1.807, 2.05) is 18.2 Å². The monoisotopic (exact) mass is 416 g/mol. The minimum absolute atomic E-state index is 0.380. The number of methoxy groups -OCH3 is 1. The maximum atomic E-state index is 13.1. The van der Waals surface area contributed by atoms with Crippen molar-refractivity contribution in [1.82, 2.24) is 0 Å². The topological polar surface area (TPSA) is 84.5 Å². The SMILES string of the molecule is COC(=O)c1c(NC(=O)C2(C)Sc3ccccc3NC2=O)sc2c1CCCC2. The minimum atomic E-state index is -1.34. The smallest absolute Gasteiger partial charge is 0.341 e. The third-order valence-corrected chi connectivity index (χ3v) is 7.67. The van der Waals surface area contributed by atoms with Crippen LogP contribution in [-0.2, 0) is 27.2 Å². The van der Waals surface area contributed by atoms with Crippen LogP contribution in [0, 0.1) is 0 Å². The Bertz CT molecular complexity index is 985. The molecule has 0 saturated carbocycles. The van der Waals surface area contributed by atoms with Gasteiger partial charge in [0.25, 0.3) is 5.91 Å². The molecule has 0 spiro atoms. The van der Waals surface area contributed by atoms with E-state index < -0.39 is 16.6 Å². The van der Waals surface area contributed by atoms with Gasteiger partial charge in [0.2, 0.25) is 5.91 Å². The largest absolute Gasteiger partial charge is 0.465 e. The van der Waals surface area contributed by atoms with E-state index in [-0.39, 0.29) is 5.91 Å². The van der Waals surface area contributed by atoms with Gasteiger partial charge in [-0.15, -0.1) is 11.3 Å². The first-order chi connectivity index (χ1) is 13.4. The summed E-state index contributed by atoms with van der Waals surface area (Å²) in [5.74, 6) is -1.28. The fourth-order valence-electron chi connectivity index (χ4n) is 3.51. The molecular formula is C20H20N2O4S2. The number of ether oxygens (including phenoxy) is 1. The summed E-state index contributed by atoms with van der Waals surface area (Å²) in [6.07, 6.45) is 3.76. The Labute approximate surface area is 171 Å². The predicted molar refractivity (Wildman–Crippen MR) is 110 cm³/mol. The number of fused-ring (bicyclic) bond motifs is 2. The van der Waals surface area contributed by atoms with Crippen LogP contribution in [0.2, 0.25) is 0 Å². The zero-order valence-corrected chi connectivity index (χ0v) is 17.2. The number of carbonyl (C=O) groups excluding carboxylic acids is 3. The molecule has 1 aromatic heterocycles. The van der Waals surface area contributed by atoms with Crippen LogP contribution < -0.4 is 10.6 Å². The number of thioether (sulfide) groups is 1. The number of esters is 1. The number of nitrogens with one attached hydrogen (secondary N) is 2. The summed E-state index contributed by atoms with van der Waals surface area (Å²) in [4.78, 5) is 40.2. The molecule has 6 nitrogen and oxygen atoms in total. The first kappa shape index (κ1) is 19.0. The molecule has 0 fully saturated rings. The Morgan fingerprint density at radius 3 is 2.75 bits per heavy atom. The van der Waals surface area contributed by atoms with Gasteiger partial charge in [0.1, 0.15) is 5.00 Å². The van der Waals surface area contributed by atoms with Crippen LogP contribution in [0.4, 0.5) is 10.7 Å². The average molecular weight is 417 g/mol. The van der Waals surface area contributed by atoms with Gasteiger partial charge in [-0.2, -0.15) is 0 Å². The van der Waals surface area contributed by atoms with Crippen LogP contribution in [0.25, 0.3) is 0 Å². The summed E-state index contributed by atoms with van der Waals surface area (Å²) >= 11 is 2.62. The van der Waals surface area contributed by atoms with Crippen molar-refractivity contribution in [3.63, 3.8) is 0 Å². The van der Waals surface area contributed by atoms with Crippen LogP contribution in [0.1, 0.15) is 40.6 Å². The Balaban J connectivity index is 1.66. The zero-order chi connectivity index (χ0) is 19.9. The molecule has 0 bridgehead atoms.